The van der Waals surface area contributed by atoms with Crippen LogP contribution in [0.25, 0.3) is 0 Å². The highest BCUT2D eigenvalue weighted by atomic mass is 79.9. The van der Waals surface area contributed by atoms with E-state index in [2.05, 4.69) is 21.2 Å². The maximum absolute atomic E-state index is 6.20. The van der Waals surface area contributed by atoms with Crippen LogP contribution < -0.4 is 10.1 Å². The number of hydrogen-bond donors (Lipinski definition) is 1. The van der Waals surface area contributed by atoms with E-state index in [-0.39, 0.29) is 6.10 Å². The number of rotatable bonds is 2. The summed E-state index contributed by atoms with van der Waals surface area (Å²) >= 11 is 9.76. The van der Waals surface area contributed by atoms with E-state index in [1.165, 1.54) is 6.42 Å². The molecule has 0 unspecified atom stereocenters. The quantitative estimate of drug-likeness (QED) is 0.894. The Morgan fingerprint density at radius 3 is 2.88 bits per heavy atom. The summed E-state index contributed by atoms with van der Waals surface area (Å²) in [4.78, 5) is 0. The van der Waals surface area contributed by atoms with Crippen LogP contribution in [0, 0.1) is 13.8 Å². The van der Waals surface area contributed by atoms with Gasteiger partial charge in [0.25, 0.3) is 0 Å². The van der Waals surface area contributed by atoms with E-state index >= 15 is 0 Å². The maximum Gasteiger partial charge on any atom is 0.134 e. The highest BCUT2D eigenvalue weighted by Gasteiger charge is 2.17. The Balaban J connectivity index is 2.20. The lowest BCUT2D eigenvalue weighted by Crippen LogP contribution is -2.37. The van der Waals surface area contributed by atoms with E-state index in [1.807, 2.05) is 19.9 Å². The molecule has 0 radical (unpaired) electrons. The van der Waals surface area contributed by atoms with Crippen molar-refractivity contribution in [2.45, 2.75) is 32.8 Å². The third-order valence-electron chi connectivity index (χ3n) is 3.11. The fraction of sp³-hybridized carbons (Fsp3) is 0.538. The minimum Gasteiger partial charge on any atom is -0.488 e. The van der Waals surface area contributed by atoms with Crippen molar-refractivity contribution in [1.29, 1.82) is 0 Å². The number of hydrogen-bond acceptors (Lipinski definition) is 2. The summed E-state index contributed by atoms with van der Waals surface area (Å²) in [5.41, 5.74) is 2.11. The molecule has 2 nitrogen and oxygen atoms in total. The smallest absolute Gasteiger partial charge is 0.134 e. The Labute approximate surface area is 116 Å². The van der Waals surface area contributed by atoms with Gasteiger partial charge in [-0.1, -0.05) is 11.6 Å². The van der Waals surface area contributed by atoms with Crippen LogP contribution in [0.3, 0.4) is 0 Å². The topological polar surface area (TPSA) is 21.3 Å². The number of benzene rings is 1. The van der Waals surface area contributed by atoms with Crippen LogP contribution in [0.2, 0.25) is 5.02 Å². The second-order valence-corrected chi connectivity index (χ2v) is 5.70. The van der Waals surface area contributed by atoms with Gasteiger partial charge in [0.15, 0.2) is 0 Å². The Morgan fingerprint density at radius 1 is 1.47 bits per heavy atom. The van der Waals surface area contributed by atoms with Crippen LogP contribution in [-0.2, 0) is 0 Å². The summed E-state index contributed by atoms with van der Waals surface area (Å²) in [7, 11) is 0. The third-order valence-corrected chi connectivity index (χ3v) is 4.68. The average molecular weight is 319 g/mol. The molecule has 0 bridgehead atoms. The molecule has 1 saturated heterocycles. The van der Waals surface area contributed by atoms with Gasteiger partial charge < -0.3 is 10.1 Å². The normalized spacial score (nSPS) is 20.4. The van der Waals surface area contributed by atoms with E-state index < -0.39 is 0 Å². The fourth-order valence-electron chi connectivity index (χ4n) is 2.09. The molecule has 1 aromatic carbocycles. The summed E-state index contributed by atoms with van der Waals surface area (Å²) in [6, 6.07) is 2.01. The van der Waals surface area contributed by atoms with Gasteiger partial charge in [-0.25, -0.2) is 0 Å². The highest BCUT2D eigenvalue weighted by Crippen LogP contribution is 2.36. The lowest BCUT2D eigenvalue weighted by Gasteiger charge is -2.25. The van der Waals surface area contributed by atoms with Crippen molar-refractivity contribution in [2.75, 3.05) is 13.1 Å². The van der Waals surface area contributed by atoms with Crippen molar-refractivity contribution >= 4 is 27.5 Å². The number of piperidine rings is 1. The first-order chi connectivity index (χ1) is 8.09. The molecule has 17 heavy (non-hydrogen) atoms. The molecule has 1 aliphatic rings. The van der Waals surface area contributed by atoms with Gasteiger partial charge in [0.05, 0.1) is 4.47 Å². The molecule has 0 amide bonds. The Hall–Kier alpha value is -0.250. The molecule has 2 rings (SSSR count). The van der Waals surface area contributed by atoms with Crippen molar-refractivity contribution in [3.63, 3.8) is 0 Å². The van der Waals surface area contributed by atoms with Gasteiger partial charge in [-0.2, -0.15) is 0 Å². The number of ether oxygens (including phenoxy) is 1. The zero-order valence-corrected chi connectivity index (χ0v) is 12.5. The van der Waals surface area contributed by atoms with Crippen LogP contribution in [0.15, 0.2) is 10.5 Å². The van der Waals surface area contributed by atoms with Gasteiger partial charge in [-0.15, -0.1) is 0 Å². The zero-order chi connectivity index (χ0) is 12.4. The Morgan fingerprint density at radius 2 is 2.24 bits per heavy atom. The molecule has 1 fully saturated rings. The van der Waals surface area contributed by atoms with Crippen LogP contribution in [-0.4, -0.2) is 19.2 Å². The van der Waals surface area contributed by atoms with Gasteiger partial charge in [0.1, 0.15) is 11.9 Å². The van der Waals surface area contributed by atoms with Crippen molar-refractivity contribution in [3.05, 3.63) is 26.7 Å². The SMILES string of the molecule is Cc1cc(O[C@H]2CCCNC2)c(Br)c(C)c1Cl. The molecule has 0 aliphatic carbocycles. The minimum atomic E-state index is 0.264. The first-order valence-electron chi connectivity index (χ1n) is 5.92. The fourth-order valence-corrected chi connectivity index (χ4v) is 2.76. The molecule has 0 spiro atoms. The Bertz CT molecular complexity index is 416. The molecule has 1 heterocycles. The lowest BCUT2D eigenvalue weighted by molar-refractivity contribution is 0.166. The van der Waals surface area contributed by atoms with Gasteiger partial charge in [-0.05, 0) is 66.4 Å². The van der Waals surface area contributed by atoms with Crippen molar-refractivity contribution < 1.29 is 4.74 Å². The molecule has 1 aromatic rings. The van der Waals surface area contributed by atoms with E-state index in [0.717, 1.165) is 45.9 Å². The van der Waals surface area contributed by atoms with Gasteiger partial charge >= 0.3 is 0 Å². The molecule has 1 aliphatic heterocycles. The molecule has 0 aromatic heterocycles. The maximum atomic E-state index is 6.20. The lowest BCUT2D eigenvalue weighted by atomic mass is 10.1. The first-order valence-corrected chi connectivity index (χ1v) is 7.09. The standard InChI is InChI=1S/C13H17BrClNO/c1-8-6-11(12(14)9(2)13(8)15)17-10-4-3-5-16-7-10/h6,10,16H,3-5,7H2,1-2H3/t10-/m0/s1. The molecule has 94 valence electrons. The predicted molar refractivity (Wildman–Crippen MR) is 75.1 cm³/mol. The summed E-state index contributed by atoms with van der Waals surface area (Å²) in [6.07, 6.45) is 2.55. The summed E-state index contributed by atoms with van der Waals surface area (Å²) in [5.74, 6) is 0.901. The second-order valence-electron chi connectivity index (χ2n) is 4.53. The van der Waals surface area contributed by atoms with Crippen molar-refractivity contribution in [2.24, 2.45) is 0 Å². The van der Waals surface area contributed by atoms with E-state index in [4.69, 9.17) is 16.3 Å². The van der Waals surface area contributed by atoms with E-state index in [1.54, 1.807) is 0 Å². The van der Waals surface area contributed by atoms with Gasteiger partial charge in [-0.3, -0.25) is 0 Å². The van der Waals surface area contributed by atoms with Gasteiger partial charge in [0, 0.05) is 11.6 Å². The zero-order valence-electron chi connectivity index (χ0n) is 10.1. The van der Waals surface area contributed by atoms with E-state index in [0.29, 0.717) is 0 Å². The monoisotopic (exact) mass is 317 g/mol. The van der Waals surface area contributed by atoms with Crippen molar-refractivity contribution in [1.82, 2.24) is 5.32 Å². The summed E-state index contributed by atoms with van der Waals surface area (Å²) in [6.45, 7) is 6.03. The number of aryl methyl sites for hydroxylation is 1. The molecule has 1 atom stereocenters. The van der Waals surface area contributed by atoms with Crippen LogP contribution in [0.1, 0.15) is 24.0 Å². The predicted octanol–water partition coefficient (Wildman–Crippen LogP) is 3.85. The van der Waals surface area contributed by atoms with Crippen LogP contribution in [0.4, 0.5) is 0 Å². The summed E-state index contributed by atoms with van der Waals surface area (Å²) in [5, 5.41) is 4.16. The Kier molecular flexibility index (Phi) is 4.34. The highest BCUT2D eigenvalue weighted by molar-refractivity contribution is 9.10. The first kappa shape index (κ1) is 13.2. The molecule has 0 saturated carbocycles. The van der Waals surface area contributed by atoms with Crippen molar-refractivity contribution in [3.8, 4) is 5.75 Å². The van der Waals surface area contributed by atoms with Gasteiger partial charge in [0.2, 0.25) is 0 Å². The molecular weight excluding hydrogens is 302 g/mol. The average Bonchev–Trinajstić information content (AvgIpc) is 2.35. The molecule has 4 heteroatoms. The van der Waals surface area contributed by atoms with E-state index in [9.17, 15) is 0 Å². The largest absolute Gasteiger partial charge is 0.488 e. The van der Waals surface area contributed by atoms with Crippen LogP contribution >= 0.6 is 27.5 Å². The molecule has 1 N–H and O–H groups in total. The second kappa shape index (κ2) is 5.59. The molecular formula is C13H17BrClNO. The number of nitrogens with one attached hydrogen (secondary N) is 1. The third kappa shape index (κ3) is 2.95. The number of halogens is 2. The van der Waals surface area contributed by atoms with Crippen LogP contribution in [0.5, 0.6) is 5.75 Å². The summed E-state index contributed by atoms with van der Waals surface area (Å²) < 4.78 is 7.01. The minimum absolute atomic E-state index is 0.264.